The molecule has 0 unspecified atom stereocenters. The lowest BCUT2D eigenvalue weighted by Gasteiger charge is -2.31. The molecule has 0 radical (unpaired) electrons. The highest BCUT2D eigenvalue weighted by Gasteiger charge is 2.36. The molecule has 3 rings (SSSR count). The van der Waals surface area contributed by atoms with E-state index in [0.29, 0.717) is 31.9 Å². The van der Waals surface area contributed by atoms with Crippen LogP contribution < -0.4 is 16.0 Å². The number of hydrogen-bond donors (Lipinski definition) is 2. The molecule has 0 spiro atoms. The zero-order valence-corrected chi connectivity index (χ0v) is 12.9. The van der Waals surface area contributed by atoms with E-state index in [1.54, 1.807) is 0 Å². The molecule has 3 heterocycles. The largest absolute Gasteiger partial charge is 0.381 e. The van der Waals surface area contributed by atoms with Gasteiger partial charge in [0.15, 0.2) is 0 Å². The molecule has 22 heavy (non-hydrogen) atoms. The van der Waals surface area contributed by atoms with Crippen molar-refractivity contribution in [2.75, 3.05) is 36.5 Å². The number of nitrogens with two attached hydrogens (primary N) is 1. The molecular weight excluding hydrogens is 280 g/mol. The first-order valence-electron chi connectivity index (χ1n) is 8.06. The van der Waals surface area contributed by atoms with Crippen LogP contribution >= 0.6 is 0 Å². The van der Waals surface area contributed by atoms with Crippen molar-refractivity contribution in [3.05, 3.63) is 18.3 Å². The number of nitrogens with one attached hydrogen (secondary N) is 1. The summed E-state index contributed by atoms with van der Waals surface area (Å²) in [5, 5.41) is 2.83. The Bertz CT molecular complexity index is 505. The third-order valence-electron chi connectivity index (χ3n) is 4.55. The minimum atomic E-state index is -0.842. The van der Waals surface area contributed by atoms with Crippen LogP contribution in [0.2, 0.25) is 0 Å². The second kappa shape index (κ2) is 6.62. The Labute approximate surface area is 131 Å². The van der Waals surface area contributed by atoms with Crippen LogP contribution in [-0.2, 0) is 9.53 Å². The lowest BCUT2D eigenvalue weighted by molar-refractivity contribution is -0.124. The van der Waals surface area contributed by atoms with Crippen LogP contribution in [0.1, 0.15) is 32.1 Å². The van der Waals surface area contributed by atoms with Gasteiger partial charge in [-0.15, -0.1) is 0 Å². The molecule has 2 saturated heterocycles. The van der Waals surface area contributed by atoms with Gasteiger partial charge in [0.1, 0.15) is 11.4 Å². The summed E-state index contributed by atoms with van der Waals surface area (Å²) >= 11 is 0. The van der Waals surface area contributed by atoms with Crippen LogP contribution in [0.25, 0.3) is 0 Å². The second-order valence-electron chi connectivity index (χ2n) is 6.17. The molecule has 120 valence electrons. The number of anilines is 2. The Morgan fingerprint density at radius 3 is 2.59 bits per heavy atom. The van der Waals surface area contributed by atoms with E-state index in [-0.39, 0.29) is 5.91 Å². The molecule has 3 N–H and O–H groups in total. The van der Waals surface area contributed by atoms with Gasteiger partial charge >= 0.3 is 0 Å². The van der Waals surface area contributed by atoms with Crippen molar-refractivity contribution in [1.29, 1.82) is 0 Å². The first kappa shape index (κ1) is 15.2. The van der Waals surface area contributed by atoms with Gasteiger partial charge in [0.2, 0.25) is 5.91 Å². The van der Waals surface area contributed by atoms with Crippen molar-refractivity contribution in [1.82, 2.24) is 4.98 Å². The van der Waals surface area contributed by atoms with Gasteiger partial charge in [0.05, 0.1) is 11.9 Å². The number of carbonyl (C=O) groups is 1. The highest BCUT2D eigenvalue weighted by molar-refractivity contribution is 5.97. The summed E-state index contributed by atoms with van der Waals surface area (Å²) in [5.74, 6) is 0.385. The fourth-order valence-electron chi connectivity index (χ4n) is 3.00. The minimum absolute atomic E-state index is 0.172. The van der Waals surface area contributed by atoms with Crippen LogP contribution in [0, 0.1) is 0 Å². The Balaban J connectivity index is 1.61. The van der Waals surface area contributed by atoms with Crippen molar-refractivity contribution >= 4 is 17.4 Å². The highest BCUT2D eigenvalue weighted by atomic mass is 16.5. The summed E-state index contributed by atoms with van der Waals surface area (Å²) in [4.78, 5) is 19.0. The Morgan fingerprint density at radius 2 is 1.95 bits per heavy atom. The SMILES string of the molecule is NC1(C(=O)Nc2ccc(N3CCCCC3)cn2)CCOCC1. The number of nitrogens with zero attached hydrogens (tertiary/aromatic N) is 2. The zero-order valence-electron chi connectivity index (χ0n) is 12.9. The average Bonchev–Trinajstić information content (AvgIpc) is 2.57. The van der Waals surface area contributed by atoms with Gasteiger partial charge in [-0.05, 0) is 44.2 Å². The maximum atomic E-state index is 12.3. The lowest BCUT2D eigenvalue weighted by atomic mass is 9.90. The summed E-state index contributed by atoms with van der Waals surface area (Å²) in [6, 6.07) is 3.87. The van der Waals surface area contributed by atoms with E-state index >= 15 is 0 Å². The molecule has 6 nitrogen and oxygen atoms in total. The summed E-state index contributed by atoms with van der Waals surface area (Å²) in [7, 11) is 0. The molecule has 0 bridgehead atoms. The van der Waals surface area contributed by atoms with Crippen molar-refractivity contribution in [2.45, 2.75) is 37.6 Å². The molecule has 1 aromatic rings. The molecule has 6 heteroatoms. The smallest absolute Gasteiger partial charge is 0.245 e. The van der Waals surface area contributed by atoms with Gasteiger partial charge in [-0.1, -0.05) is 0 Å². The Kier molecular flexibility index (Phi) is 4.59. The summed E-state index contributed by atoms with van der Waals surface area (Å²) in [6.45, 7) is 3.23. The minimum Gasteiger partial charge on any atom is -0.381 e. The highest BCUT2D eigenvalue weighted by Crippen LogP contribution is 2.22. The molecule has 0 saturated carbocycles. The van der Waals surface area contributed by atoms with Crippen LogP contribution in [-0.4, -0.2) is 42.7 Å². The van der Waals surface area contributed by atoms with Crippen LogP contribution in [0.15, 0.2) is 18.3 Å². The zero-order chi connectivity index (χ0) is 15.4. The van der Waals surface area contributed by atoms with Crippen molar-refractivity contribution in [2.24, 2.45) is 5.73 Å². The van der Waals surface area contributed by atoms with E-state index in [4.69, 9.17) is 10.5 Å². The second-order valence-corrected chi connectivity index (χ2v) is 6.17. The number of aromatic nitrogens is 1. The normalized spacial score (nSPS) is 21.4. The first-order chi connectivity index (χ1) is 10.7. The van der Waals surface area contributed by atoms with Crippen molar-refractivity contribution in [3.8, 4) is 0 Å². The van der Waals surface area contributed by atoms with Gasteiger partial charge in [-0.3, -0.25) is 4.79 Å². The average molecular weight is 304 g/mol. The topological polar surface area (TPSA) is 80.5 Å². The monoisotopic (exact) mass is 304 g/mol. The van der Waals surface area contributed by atoms with Gasteiger partial charge in [0.25, 0.3) is 0 Å². The van der Waals surface area contributed by atoms with Crippen molar-refractivity contribution in [3.63, 3.8) is 0 Å². The first-order valence-corrected chi connectivity index (χ1v) is 8.06. The third kappa shape index (κ3) is 3.39. The Hall–Kier alpha value is -1.66. The van der Waals surface area contributed by atoms with Crippen LogP contribution in [0.5, 0.6) is 0 Å². The van der Waals surface area contributed by atoms with Gasteiger partial charge in [0, 0.05) is 26.3 Å². The third-order valence-corrected chi connectivity index (χ3v) is 4.55. The standard InChI is InChI=1S/C16H24N4O2/c17-16(6-10-22-11-7-16)15(21)19-14-5-4-13(12-18-14)20-8-2-1-3-9-20/h4-5,12H,1-3,6-11,17H2,(H,18,19,21). The fraction of sp³-hybridized carbons (Fsp3) is 0.625. The molecule has 2 aliphatic heterocycles. The molecule has 0 atom stereocenters. The molecular formula is C16H24N4O2. The predicted octanol–water partition coefficient (Wildman–Crippen LogP) is 1.52. The maximum absolute atomic E-state index is 12.3. The van der Waals surface area contributed by atoms with E-state index in [2.05, 4.69) is 15.2 Å². The number of ether oxygens (including phenoxy) is 1. The van der Waals surface area contributed by atoms with Crippen LogP contribution in [0.3, 0.4) is 0 Å². The quantitative estimate of drug-likeness (QED) is 0.885. The summed E-state index contributed by atoms with van der Waals surface area (Å²) < 4.78 is 5.27. The molecule has 1 amide bonds. The van der Waals surface area contributed by atoms with Gasteiger partial charge < -0.3 is 20.7 Å². The van der Waals surface area contributed by atoms with E-state index < -0.39 is 5.54 Å². The maximum Gasteiger partial charge on any atom is 0.245 e. The van der Waals surface area contributed by atoms with E-state index in [9.17, 15) is 4.79 Å². The number of carbonyl (C=O) groups excluding carboxylic acids is 1. The number of amides is 1. The number of hydrogen-bond acceptors (Lipinski definition) is 5. The van der Waals surface area contributed by atoms with E-state index in [0.717, 1.165) is 18.8 Å². The number of pyridine rings is 1. The molecule has 1 aromatic heterocycles. The summed E-state index contributed by atoms with van der Waals surface area (Å²) in [6.07, 6.45) is 6.69. The van der Waals surface area contributed by atoms with E-state index in [1.807, 2.05) is 18.3 Å². The molecule has 2 fully saturated rings. The fourth-order valence-corrected chi connectivity index (χ4v) is 3.00. The molecule has 0 aliphatic carbocycles. The molecule has 0 aromatic carbocycles. The van der Waals surface area contributed by atoms with Gasteiger partial charge in [-0.2, -0.15) is 0 Å². The van der Waals surface area contributed by atoms with Crippen molar-refractivity contribution < 1.29 is 9.53 Å². The van der Waals surface area contributed by atoms with E-state index in [1.165, 1.54) is 19.3 Å². The number of piperidine rings is 1. The van der Waals surface area contributed by atoms with Crippen LogP contribution in [0.4, 0.5) is 11.5 Å². The van der Waals surface area contributed by atoms with Gasteiger partial charge in [-0.25, -0.2) is 4.98 Å². The Morgan fingerprint density at radius 1 is 1.23 bits per heavy atom. The lowest BCUT2D eigenvalue weighted by Crippen LogP contribution is -2.54. The summed E-state index contributed by atoms with van der Waals surface area (Å²) in [5.41, 5.74) is 6.44. The predicted molar refractivity (Wildman–Crippen MR) is 85.9 cm³/mol. The number of rotatable bonds is 3. The molecule has 2 aliphatic rings.